The zero-order valence-corrected chi connectivity index (χ0v) is 16.0. The third-order valence-electron chi connectivity index (χ3n) is 4.63. The molecule has 0 aromatic heterocycles. The van der Waals surface area contributed by atoms with Crippen molar-refractivity contribution in [3.63, 3.8) is 0 Å². The quantitative estimate of drug-likeness (QED) is 0.728. The lowest BCUT2D eigenvalue weighted by Gasteiger charge is -2.35. The number of hydrogen-bond donors (Lipinski definition) is 2. The second-order valence-corrected chi connectivity index (χ2v) is 6.15. The van der Waals surface area contributed by atoms with Crippen molar-refractivity contribution >= 4 is 18.3 Å². The van der Waals surface area contributed by atoms with E-state index < -0.39 is 5.41 Å². The van der Waals surface area contributed by atoms with Crippen LogP contribution in [-0.4, -0.2) is 53.5 Å². The summed E-state index contributed by atoms with van der Waals surface area (Å²) in [4.78, 5) is 12.7. The third-order valence-corrected chi connectivity index (χ3v) is 4.63. The molecule has 7 heteroatoms. The highest BCUT2D eigenvalue weighted by Gasteiger charge is 2.39. The first-order chi connectivity index (χ1) is 11.6. The maximum atomic E-state index is 12.7. The van der Waals surface area contributed by atoms with Gasteiger partial charge in [0.2, 0.25) is 5.91 Å². The van der Waals surface area contributed by atoms with Crippen molar-refractivity contribution in [2.75, 3.05) is 47.6 Å². The molecule has 1 aromatic rings. The Bertz CT molecular complexity index is 542. The molecule has 1 heterocycles. The fraction of sp³-hybridized carbons (Fsp3) is 0.611. The van der Waals surface area contributed by atoms with Gasteiger partial charge < -0.3 is 24.8 Å². The fourth-order valence-electron chi connectivity index (χ4n) is 3.19. The second-order valence-electron chi connectivity index (χ2n) is 6.15. The molecule has 25 heavy (non-hydrogen) atoms. The van der Waals surface area contributed by atoms with E-state index in [4.69, 9.17) is 14.2 Å². The standard InChI is InChI=1S/C18H28N2O4.ClH/c1-22-13-18(7-10-19-11-8-18)17(21)20-9-6-14-12-15(23-2)4-5-16(14)24-3;/h4-5,12,19H,6-11,13H2,1-3H3,(H,20,21);1H. The molecule has 2 N–H and O–H groups in total. The molecule has 2 rings (SSSR count). The summed E-state index contributed by atoms with van der Waals surface area (Å²) in [6, 6.07) is 5.69. The Labute approximate surface area is 156 Å². The van der Waals surface area contributed by atoms with E-state index in [2.05, 4.69) is 10.6 Å². The summed E-state index contributed by atoms with van der Waals surface area (Å²) in [6.45, 7) is 2.71. The van der Waals surface area contributed by atoms with E-state index >= 15 is 0 Å². The second kappa shape index (κ2) is 10.5. The van der Waals surface area contributed by atoms with Gasteiger partial charge in [-0.15, -0.1) is 12.4 Å². The van der Waals surface area contributed by atoms with E-state index in [0.717, 1.165) is 43.0 Å². The molecule has 0 atom stereocenters. The van der Waals surface area contributed by atoms with E-state index in [9.17, 15) is 4.79 Å². The summed E-state index contributed by atoms with van der Waals surface area (Å²) in [5, 5.41) is 6.37. The largest absolute Gasteiger partial charge is 0.497 e. The molecule has 0 aliphatic carbocycles. The Balaban J connectivity index is 0.00000312. The molecule has 0 radical (unpaired) electrons. The maximum absolute atomic E-state index is 12.7. The molecule has 142 valence electrons. The van der Waals surface area contributed by atoms with Crippen molar-refractivity contribution < 1.29 is 19.0 Å². The summed E-state index contributed by atoms with van der Waals surface area (Å²) in [7, 11) is 4.93. The van der Waals surface area contributed by atoms with Gasteiger partial charge in [0.25, 0.3) is 0 Å². The number of halogens is 1. The topological polar surface area (TPSA) is 68.8 Å². The van der Waals surface area contributed by atoms with Crippen LogP contribution in [0.1, 0.15) is 18.4 Å². The van der Waals surface area contributed by atoms with Crippen LogP contribution in [-0.2, 0) is 16.0 Å². The van der Waals surface area contributed by atoms with Gasteiger partial charge in [-0.2, -0.15) is 0 Å². The molecular weight excluding hydrogens is 344 g/mol. The number of rotatable bonds is 8. The number of nitrogens with one attached hydrogen (secondary N) is 2. The van der Waals surface area contributed by atoms with E-state index in [0.29, 0.717) is 19.6 Å². The van der Waals surface area contributed by atoms with Gasteiger partial charge in [-0.05, 0) is 56.1 Å². The molecule has 0 saturated carbocycles. The Morgan fingerprint density at radius 1 is 1.20 bits per heavy atom. The van der Waals surface area contributed by atoms with Crippen LogP contribution >= 0.6 is 12.4 Å². The maximum Gasteiger partial charge on any atom is 0.228 e. The minimum atomic E-state index is -0.418. The molecule has 0 spiro atoms. The minimum absolute atomic E-state index is 0. The average Bonchev–Trinajstić information content (AvgIpc) is 2.62. The lowest BCUT2D eigenvalue weighted by atomic mass is 9.78. The minimum Gasteiger partial charge on any atom is -0.497 e. The summed E-state index contributed by atoms with van der Waals surface area (Å²) >= 11 is 0. The summed E-state index contributed by atoms with van der Waals surface area (Å²) in [6.07, 6.45) is 2.29. The average molecular weight is 373 g/mol. The lowest BCUT2D eigenvalue weighted by Crippen LogP contribution is -2.50. The Morgan fingerprint density at radius 2 is 1.92 bits per heavy atom. The normalized spacial score (nSPS) is 15.8. The van der Waals surface area contributed by atoms with Gasteiger partial charge in [0, 0.05) is 13.7 Å². The number of carbonyl (C=O) groups excluding carboxylic acids is 1. The van der Waals surface area contributed by atoms with E-state index in [1.165, 1.54) is 0 Å². The molecule has 1 aliphatic rings. The number of benzene rings is 1. The summed E-state index contributed by atoms with van der Waals surface area (Å²) < 4.78 is 16.0. The van der Waals surface area contributed by atoms with Gasteiger partial charge >= 0.3 is 0 Å². The predicted molar refractivity (Wildman–Crippen MR) is 99.9 cm³/mol. The van der Waals surface area contributed by atoms with Crippen LogP contribution in [0.15, 0.2) is 18.2 Å². The molecule has 0 unspecified atom stereocenters. The Hall–Kier alpha value is -1.50. The first-order valence-corrected chi connectivity index (χ1v) is 8.34. The Morgan fingerprint density at radius 3 is 2.52 bits per heavy atom. The Kier molecular flexibility index (Phi) is 9.03. The molecule has 6 nitrogen and oxygen atoms in total. The molecule has 0 bridgehead atoms. The first kappa shape index (κ1) is 21.5. The van der Waals surface area contributed by atoms with Gasteiger partial charge in [-0.1, -0.05) is 0 Å². The van der Waals surface area contributed by atoms with Crippen LogP contribution in [0.4, 0.5) is 0 Å². The van der Waals surface area contributed by atoms with E-state index in [-0.39, 0.29) is 18.3 Å². The SMILES string of the molecule is COCC1(C(=O)NCCc2cc(OC)ccc2OC)CCNCC1.Cl. The zero-order chi connectivity index (χ0) is 17.4. The van der Waals surface area contributed by atoms with Gasteiger partial charge in [0.1, 0.15) is 11.5 Å². The van der Waals surface area contributed by atoms with Crippen molar-refractivity contribution in [1.82, 2.24) is 10.6 Å². The summed E-state index contributed by atoms with van der Waals surface area (Å²) in [5.41, 5.74) is 0.599. The zero-order valence-electron chi connectivity index (χ0n) is 15.2. The van der Waals surface area contributed by atoms with Gasteiger partial charge in [-0.3, -0.25) is 4.79 Å². The van der Waals surface area contributed by atoms with Gasteiger partial charge in [-0.25, -0.2) is 0 Å². The van der Waals surface area contributed by atoms with Crippen molar-refractivity contribution in [2.45, 2.75) is 19.3 Å². The number of piperidine rings is 1. The van der Waals surface area contributed by atoms with E-state index in [1.807, 2.05) is 18.2 Å². The van der Waals surface area contributed by atoms with Crippen LogP contribution in [0.2, 0.25) is 0 Å². The van der Waals surface area contributed by atoms with Crippen molar-refractivity contribution in [3.05, 3.63) is 23.8 Å². The number of ether oxygens (including phenoxy) is 3. The van der Waals surface area contributed by atoms with Crippen LogP contribution in [0.5, 0.6) is 11.5 Å². The number of methoxy groups -OCH3 is 3. The fourth-order valence-corrected chi connectivity index (χ4v) is 3.19. The smallest absolute Gasteiger partial charge is 0.228 e. The van der Waals surface area contributed by atoms with E-state index in [1.54, 1.807) is 21.3 Å². The highest BCUT2D eigenvalue weighted by molar-refractivity contribution is 5.85. The van der Waals surface area contributed by atoms with Crippen LogP contribution in [0.3, 0.4) is 0 Å². The molecule has 1 aromatic carbocycles. The first-order valence-electron chi connectivity index (χ1n) is 8.34. The molecular formula is C18H29ClN2O4. The molecule has 1 aliphatic heterocycles. The van der Waals surface area contributed by atoms with Crippen molar-refractivity contribution in [2.24, 2.45) is 5.41 Å². The number of amides is 1. The highest BCUT2D eigenvalue weighted by atomic mass is 35.5. The van der Waals surface area contributed by atoms with Crippen LogP contribution in [0, 0.1) is 5.41 Å². The predicted octanol–water partition coefficient (Wildman–Crippen LogP) is 1.80. The summed E-state index contributed by atoms with van der Waals surface area (Å²) in [5.74, 6) is 1.66. The molecule has 1 fully saturated rings. The monoisotopic (exact) mass is 372 g/mol. The van der Waals surface area contributed by atoms with Gasteiger partial charge in [0.15, 0.2) is 0 Å². The number of carbonyl (C=O) groups is 1. The highest BCUT2D eigenvalue weighted by Crippen LogP contribution is 2.29. The molecule has 1 saturated heterocycles. The van der Waals surface area contributed by atoms with Gasteiger partial charge in [0.05, 0.1) is 26.2 Å². The van der Waals surface area contributed by atoms with Crippen molar-refractivity contribution in [3.8, 4) is 11.5 Å². The third kappa shape index (κ3) is 5.49. The number of hydrogen-bond acceptors (Lipinski definition) is 5. The van der Waals surface area contributed by atoms with Crippen LogP contribution < -0.4 is 20.1 Å². The lowest BCUT2D eigenvalue weighted by molar-refractivity contribution is -0.136. The van der Waals surface area contributed by atoms with Crippen molar-refractivity contribution in [1.29, 1.82) is 0 Å². The molecule has 1 amide bonds. The van der Waals surface area contributed by atoms with Crippen LogP contribution in [0.25, 0.3) is 0 Å².